The monoisotopic (exact) mass is 439 g/mol. The van der Waals surface area contributed by atoms with Crippen LogP contribution >= 0.6 is 0 Å². The van der Waals surface area contributed by atoms with Crippen LogP contribution in [0.3, 0.4) is 0 Å². The largest absolute Gasteiger partial charge is 0.481 e. The van der Waals surface area contributed by atoms with Crippen LogP contribution in [0.15, 0.2) is 36.4 Å². The average molecular weight is 440 g/mol. The Kier molecular flexibility index (Phi) is 7.02. The predicted molar refractivity (Wildman–Crippen MR) is 120 cm³/mol. The molecule has 2 aliphatic heterocycles. The number of likely N-dealkylation sites (tertiary alicyclic amines) is 1. The molecule has 32 heavy (non-hydrogen) atoms. The highest BCUT2D eigenvalue weighted by Crippen LogP contribution is 2.33. The third-order valence-corrected chi connectivity index (χ3v) is 6.50. The van der Waals surface area contributed by atoms with Gasteiger partial charge in [-0.3, -0.25) is 9.59 Å². The van der Waals surface area contributed by atoms with Gasteiger partial charge in [0.25, 0.3) is 0 Å². The van der Waals surface area contributed by atoms with Crippen molar-refractivity contribution in [1.29, 1.82) is 0 Å². The van der Waals surface area contributed by atoms with Crippen LogP contribution in [0.5, 0.6) is 0 Å². The van der Waals surface area contributed by atoms with E-state index < -0.39 is 17.8 Å². The Hall–Kier alpha value is -2.96. The molecule has 1 saturated heterocycles. The Bertz CT molecular complexity index is 981. The molecular weight excluding hydrogens is 409 g/mol. The molecular formula is C25H30FN3O3. The first-order valence-electron chi connectivity index (χ1n) is 11.5. The topological polar surface area (TPSA) is 82.5 Å². The van der Waals surface area contributed by atoms with E-state index in [-0.39, 0.29) is 18.2 Å². The summed E-state index contributed by atoms with van der Waals surface area (Å²) >= 11 is 0. The van der Waals surface area contributed by atoms with E-state index in [1.165, 1.54) is 17.7 Å². The van der Waals surface area contributed by atoms with E-state index in [9.17, 15) is 19.1 Å². The number of nitrogens with zero attached hydrogens (tertiary/aromatic N) is 2. The number of fused-ring (bicyclic) bond motifs is 1. The van der Waals surface area contributed by atoms with Gasteiger partial charge in [-0.05, 0) is 74.3 Å². The Labute approximate surface area is 187 Å². The van der Waals surface area contributed by atoms with Crippen LogP contribution in [-0.4, -0.2) is 40.0 Å². The van der Waals surface area contributed by atoms with Gasteiger partial charge >= 0.3 is 5.97 Å². The van der Waals surface area contributed by atoms with Crippen molar-refractivity contribution >= 4 is 17.7 Å². The first-order valence-corrected chi connectivity index (χ1v) is 11.5. The van der Waals surface area contributed by atoms with Gasteiger partial charge in [0, 0.05) is 24.7 Å². The molecule has 7 heteroatoms. The highest BCUT2D eigenvalue weighted by atomic mass is 19.1. The van der Waals surface area contributed by atoms with E-state index in [1.807, 2.05) is 0 Å². The molecule has 2 N–H and O–H groups in total. The van der Waals surface area contributed by atoms with Crippen LogP contribution in [0, 0.1) is 11.7 Å². The first kappa shape index (κ1) is 22.2. The number of hydrogen-bond donors (Lipinski definition) is 2. The van der Waals surface area contributed by atoms with E-state index in [4.69, 9.17) is 4.98 Å². The molecule has 0 radical (unpaired) electrons. The summed E-state index contributed by atoms with van der Waals surface area (Å²) in [5, 5.41) is 12.8. The van der Waals surface area contributed by atoms with Crippen molar-refractivity contribution < 1.29 is 19.1 Å². The van der Waals surface area contributed by atoms with Crippen molar-refractivity contribution in [3.05, 3.63) is 59.0 Å². The van der Waals surface area contributed by atoms with E-state index in [1.54, 1.807) is 17.0 Å². The molecule has 1 aromatic carbocycles. The van der Waals surface area contributed by atoms with Crippen LogP contribution in [0.4, 0.5) is 10.2 Å². The Morgan fingerprint density at radius 1 is 1.28 bits per heavy atom. The molecule has 1 aromatic heterocycles. The second-order valence-electron chi connectivity index (χ2n) is 8.77. The summed E-state index contributed by atoms with van der Waals surface area (Å²) in [6.45, 7) is 1.46. The number of carbonyl (C=O) groups is 2. The number of pyridine rings is 1. The number of aliphatic carboxylic acids is 1. The fraction of sp³-hybridized carbons (Fsp3) is 0.480. The zero-order valence-corrected chi connectivity index (χ0v) is 18.2. The SMILES string of the molecule is O=C(O)CC(c1cccc(F)c1)N1CCCC(CCCc2ccc3c(n2)NCCC3)C1=O. The van der Waals surface area contributed by atoms with Gasteiger partial charge in [0.15, 0.2) is 0 Å². The number of carboxylic acids is 1. The van der Waals surface area contributed by atoms with E-state index in [2.05, 4.69) is 17.4 Å². The van der Waals surface area contributed by atoms with Gasteiger partial charge in [0.05, 0.1) is 12.5 Å². The maximum atomic E-state index is 13.8. The summed E-state index contributed by atoms with van der Waals surface area (Å²) in [5.74, 6) is -0.594. The second kappa shape index (κ2) is 10.1. The maximum Gasteiger partial charge on any atom is 0.305 e. The van der Waals surface area contributed by atoms with Crippen LogP contribution in [0.2, 0.25) is 0 Å². The van der Waals surface area contributed by atoms with Crippen molar-refractivity contribution in [3.8, 4) is 0 Å². The first-order chi connectivity index (χ1) is 15.5. The lowest BCUT2D eigenvalue weighted by atomic mass is 9.89. The van der Waals surface area contributed by atoms with Crippen molar-refractivity contribution in [2.45, 2.75) is 57.4 Å². The van der Waals surface area contributed by atoms with Gasteiger partial charge in [0.2, 0.25) is 5.91 Å². The second-order valence-corrected chi connectivity index (χ2v) is 8.77. The zero-order chi connectivity index (χ0) is 22.5. The lowest BCUT2D eigenvalue weighted by molar-refractivity contribution is -0.145. The summed E-state index contributed by atoms with van der Waals surface area (Å²) in [7, 11) is 0. The minimum Gasteiger partial charge on any atom is -0.481 e. The van der Waals surface area contributed by atoms with Crippen molar-refractivity contribution in [1.82, 2.24) is 9.88 Å². The maximum absolute atomic E-state index is 13.8. The average Bonchev–Trinajstić information content (AvgIpc) is 2.78. The highest BCUT2D eigenvalue weighted by molar-refractivity contribution is 5.81. The lowest BCUT2D eigenvalue weighted by Gasteiger charge is -2.38. The number of carboxylic acid groups (broad SMARTS) is 1. The van der Waals surface area contributed by atoms with Gasteiger partial charge in [-0.25, -0.2) is 9.37 Å². The minimum atomic E-state index is -0.999. The molecule has 2 atom stereocenters. The number of aryl methyl sites for hydroxylation is 2. The number of halogens is 1. The third-order valence-electron chi connectivity index (χ3n) is 6.50. The molecule has 1 amide bonds. The van der Waals surface area contributed by atoms with E-state index >= 15 is 0 Å². The summed E-state index contributed by atoms with van der Waals surface area (Å²) in [4.78, 5) is 31.1. The van der Waals surface area contributed by atoms with Gasteiger partial charge in [0.1, 0.15) is 11.6 Å². The van der Waals surface area contributed by atoms with Gasteiger partial charge in [-0.2, -0.15) is 0 Å². The van der Waals surface area contributed by atoms with Gasteiger partial charge in [-0.1, -0.05) is 18.2 Å². The molecule has 4 rings (SSSR count). The molecule has 0 saturated carbocycles. The Balaban J connectivity index is 1.40. The number of piperidine rings is 1. The molecule has 170 valence electrons. The molecule has 0 aliphatic carbocycles. The highest BCUT2D eigenvalue weighted by Gasteiger charge is 2.34. The van der Waals surface area contributed by atoms with Gasteiger partial charge < -0.3 is 15.3 Å². The number of amides is 1. The number of aromatic nitrogens is 1. The number of hydrogen-bond acceptors (Lipinski definition) is 4. The normalized spacial score (nSPS) is 19.2. The summed E-state index contributed by atoms with van der Waals surface area (Å²) < 4.78 is 13.8. The van der Waals surface area contributed by atoms with E-state index in [0.717, 1.165) is 63.0 Å². The molecule has 0 spiro atoms. The lowest BCUT2D eigenvalue weighted by Crippen LogP contribution is -2.44. The molecule has 2 aromatic rings. The fourth-order valence-electron chi connectivity index (χ4n) is 4.88. The van der Waals surface area contributed by atoms with Crippen LogP contribution < -0.4 is 5.32 Å². The van der Waals surface area contributed by atoms with Crippen molar-refractivity contribution in [3.63, 3.8) is 0 Å². The van der Waals surface area contributed by atoms with Crippen LogP contribution in [-0.2, 0) is 22.4 Å². The summed E-state index contributed by atoms with van der Waals surface area (Å²) in [6, 6.07) is 9.49. The Morgan fingerprint density at radius 3 is 2.97 bits per heavy atom. The standard InChI is InChI=1S/C25H30FN3O3/c26-20-9-1-6-19(15-20)22(16-23(30)31)29-14-4-8-18(25(29)32)5-2-10-21-12-11-17-7-3-13-27-24(17)28-21/h1,6,9,11-12,15,18,22H,2-5,7-8,10,13-14,16H2,(H,27,28)(H,30,31). The summed E-state index contributed by atoms with van der Waals surface area (Å²) in [6.07, 6.45) is 5.98. The van der Waals surface area contributed by atoms with Crippen LogP contribution in [0.25, 0.3) is 0 Å². The molecule has 1 fully saturated rings. The zero-order valence-electron chi connectivity index (χ0n) is 18.2. The minimum absolute atomic E-state index is 0.0215. The number of anilines is 1. The third kappa shape index (κ3) is 5.26. The quantitative estimate of drug-likeness (QED) is 0.639. The number of nitrogens with one attached hydrogen (secondary N) is 1. The van der Waals surface area contributed by atoms with Gasteiger partial charge in [-0.15, -0.1) is 0 Å². The fourth-order valence-corrected chi connectivity index (χ4v) is 4.88. The number of rotatable bonds is 8. The van der Waals surface area contributed by atoms with Crippen LogP contribution in [0.1, 0.15) is 61.4 Å². The van der Waals surface area contributed by atoms with E-state index in [0.29, 0.717) is 12.1 Å². The predicted octanol–water partition coefficient (Wildman–Crippen LogP) is 4.36. The molecule has 2 aliphatic rings. The van der Waals surface area contributed by atoms with Crippen molar-refractivity contribution in [2.24, 2.45) is 5.92 Å². The van der Waals surface area contributed by atoms with Crippen molar-refractivity contribution in [2.75, 3.05) is 18.4 Å². The Morgan fingerprint density at radius 2 is 2.16 bits per heavy atom. The molecule has 6 nitrogen and oxygen atoms in total. The smallest absolute Gasteiger partial charge is 0.305 e. The molecule has 0 bridgehead atoms. The number of carbonyl (C=O) groups excluding carboxylic acids is 1. The summed E-state index contributed by atoms with van der Waals surface area (Å²) in [5.41, 5.74) is 2.83. The number of benzene rings is 1. The molecule has 3 heterocycles. The molecule has 2 unspecified atom stereocenters.